The first-order chi connectivity index (χ1) is 7.75. The van der Waals surface area contributed by atoms with Crippen LogP contribution in [-0.2, 0) is 0 Å². The minimum atomic E-state index is 0.808. The predicted molar refractivity (Wildman–Crippen MR) is 68.7 cm³/mol. The normalized spacial score (nSPS) is 29.8. The molecule has 0 saturated carbocycles. The highest BCUT2D eigenvalue weighted by Gasteiger charge is 2.24. The zero-order chi connectivity index (χ0) is 11.4. The maximum atomic E-state index is 3.52. The van der Waals surface area contributed by atoms with Crippen LogP contribution in [0.15, 0.2) is 0 Å². The van der Waals surface area contributed by atoms with E-state index in [2.05, 4.69) is 29.0 Å². The van der Waals surface area contributed by atoms with Gasteiger partial charge < -0.3 is 10.2 Å². The lowest BCUT2D eigenvalue weighted by atomic mass is 10.0. The van der Waals surface area contributed by atoms with Crippen LogP contribution in [0, 0.1) is 5.92 Å². The molecule has 16 heavy (non-hydrogen) atoms. The fourth-order valence-electron chi connectivity index (χ4n) is 2.97. The van der Waals surface area contributed by atoms with Crippen molar-refractivity contribution in [1.29, 1.82) is 0 Å². The lowest BCUT2D eigenvalue weighted by Crippen LogP contribution is -2.54. The predicted octanol–water partition coefficient (Wildman–Crippen LogP) is 1.01. The summed E-state index contributed by atoms with van der Waals surface area (Å²) in [5, 5.41) is 3.52. The van der Waals surface area contributed by atoms with Gasteiger partial charge in [-0.2, -0.15) is 0 Å². The second-order valence-corrected chi connectivity index (χ2v) is 5.73. The number of nitrogens with zero attached hydrogens (tertiary/aromatic N) is 2. The van der Waals surface area contributed by atoms with Crippen LogP contribution in [0.4, 0.5) is 0 Å². The van der Waals surface area contributed by atoms with Crippen molar-refractivity contribution in [3.63, 3.8) is 0 Å². The second-order valence-electron chi connectivity index (χ2n) is 5.73. The quantitative estimate of drug-likeness (QED) is 0.773. The maximum absolute atomic E-state index is 3.52. The van der Waals surface area contributed by atoms with Crippen molar-refractivity contribution in [3.8, 4) is 0 Å². The van der Waals surface area contributed by atoms with Gasteiger partial charge in [0.25, 0.3) is 0 Å². The van der Waals surface area contributed by atoms with E-state index in [1.807, 2.05) is 0 Å². The molecular formula is C13H27N3. The lowest BCUT2D eigenvalue weighted by Gasteiger charge is -2.41. The van der Waals surface area contributed by atoms with E-state index >= 15 is 0 Å². The summed E-state index contributed by atoms with van der Waals surface area (Å²) in [5.74, 6) is 0.808. The van der Waals surface area contributed by atoms with E-state index in [4.69, 9.17) is 0 Å². The first kappa shape index (κ1) is 12.3. The lowest BCUT2D eigenvalue weighted by molar-refractivity contribution is 0.0785. The molecule has 2 aliphatic rings. The first-order valence-corrected chi connectivity index (χ1v) is 6.93. The average molecular weight is 225 g/mol. The summed E-state index contributed by atoms with van der Waals surface area (Å²) in [4.78, 5) is 5.32. The molecule has 1 atom stereocenters. The van der Waals surface area contributed by atoms with Crippen molar-refractivity contribution in [1.82, 2.24) is 15.1 Å². The highest BCUT2D eigenvalue weighted by Crippen LogP contribution is 2.13. The van der Waals surface area contributed by atoms with Crippen LogP contribution in [-0.4, -0.2) is 61.7 Å². The van der Waals surface area contributed by atoms with Crippen LogP contribution in [0.5, 0.6) is 0 Å². The molecule has 0 aromatic heterocycles. The molecule has 0 bridgehead atoms. The van der Waals surface area contributed by atoms with Crippen LogP contribution in [0.3, 0.4) is 0 Å². The number of piperidine rings is 1. The Morgan fingerprint density at radius 2 is 1.94 bits per heavy atom. The second kappa shape index (κ2) is 5.99. The smallest absolute Gasteiger partial charge is 0.0222 e. The molecule has 1 unspecified atom stereocenters. The van der Waals surface area contributed by atoms with E-state index in [0.717, 1.165) is 12.0 Å². The maximum Gasteiger partial charge on any atom is 0.0222 e. The fraction of sp³-hybridized carbons (Fsp3) is 1.00. The summed E-state index contributed by atoms with van der Waals surface area (Å²) in [6.07, 6.45) is 2.76. The molecule has 0 spiro atoms. The third kappa shape index (κ3) is 3.44. The zero-order valence-electron chi connectivity index (χ0n) is 10.9. The molecule has 2 fully saturated rings. The SMILES string of the molecule is CC(C)CN1CCN(C2CCCNC2)CC1. The van der Waals surface area contributed by atoms with Gasteiger partial charge in [0.05, 0.1) is 0 Å². The van der Waals surface area contributed by atoms with Gasteiger partial charge in [-0.1, -0.05) is 13.8 Å². The molecule has 0 aromatic carbocycles. The van der Waals surface area contributed by atoms with E-state index in [0.29, 0.717) is 0 Å². The van der Waals surface area contributed by atoms with E-state index in [1.165, 1.54) is 58.7 Å². The number of rotatable bonds is 3. The third-order valence-corrected chi connectivity index (χ3v) is 3.82. The van der Waals surface area contributed by atoms with Gasteiger partial charge >= 0.3 is 0 Å². The topological polar surface area (TPSA) is 18.5 Å². The molecule has 0 amide bonds. The number of hydrogen-bond acceptors (Lipinski definition) is 3. The molecule has 0 radical (unpaired) electrons. The standard InChI is InChI=1S/C13H27N3/c1-12(2)11-15-6-8-16(9-7-15)13-4-3-5-14-10-13/h12-14H,3-11H2,1-2H3. The van der Waals surface area contributed by atoms with Gasteiger partial charge in [-0.05, 0) is 25.3 Å². The molecule has 1 N–H and O–H groups in total. The van der Waals surface area contributed by atoms with Gasteiger partial charge in [-0.3, -0.25) is 4.90 Å². The van der Waals surface area contributed by atoms with Gasteiger partial charge in [-0.25, -0.2) is 0 Å². The molecule has 2 saturated heterocycles. The number of nitrogens with one attached hydrogen (secondary N) is 1. The van der Waals surface area contributed by atoms with Gasteiger partial charge in [-0.15, -0.1) is 0 Å². The summed E-state index contributed by atoms with van der Waals surface area (Å²) in [6, 6.07) is 0.815. The minimum Gasteiger partial charge on any atom is -0.315 e. The van der Waals surface area contributed by atoms with E-state index in [9.17, 15) is 0 Å². The van der Waals surface area contributed by atoms with Crippen molar-refractivity contribution >= 4 is 0 Å². The molecule has 0 aromatic rings. The third-order valence-electron chi connectivity index (χ3n) is 3.82. The van der Waals surface area contributed by atoms with Crippen molar-refractivity contribution in [2.75, 3.05) is 45.8 Å². The van der Waals surface area contributed by atoms with Crippen LogP contribution in [0.2, 0.25) is 0 Å². The van der Waals surface area contributed by atoms with Crippen molar-refractivity contribution in [2.45, 2.75) is 32.7 Å². The Morgan fingerprint density at radius 3 is 2.50 bits per heavy atom. The van der Waals surface area contributed by atoms with E-state index in [1.54, 1.807) is 0 Å². The molecule has 0 aliphatic carbocycles. The average Bonchev–Trinajstić information content (AvgIpc) is 2.30. The Morgan fingerprint density at radius 1 is 1.19 bits per heavy atom. The molecule has 2 rings (SSSR count). The number of hydrogen-bond donors (Lipinski definition) is 1. The van der Waals surface area contributed by atoms with Gasteiger partial charge in [0, 0.05) is 45.3 Å². The zero-order valence-corrected chi connectivity index (χ0v) is 10.9. The summed E-state index contributed by atoms with van der Waals surface area (Å²) in [7, 11) is 0. The highest BCUT2D eigenvalue weighted by atomic mass is 15.3. The first-order valence-electron chi connectivity index (χ1n) is 6.93. The summed E-state index contributed by atoms with van der Waals surface area (Å²) >= 11 is 0. The molecule has 94 valence electrons. The monoisotopic (exact) mass is 225 g/mol. The van der Waals surface area contributed by atoms with Crippen molar-refractivity contribution in [2.24, 2.45) is 5.92 Å². The largest absolute Gasteiger partial charge is 0.315 e. The van der Waals surface area contributed by atoms with Crippen LogP contribution in [0.1, 0.15) is 26.7 Å². The van der Waals surface area contributed by atoms with Gasteiger partial charge in [0.2, 0.25) is 0 Å². The van der Waals surface area contributed by atoms with Crippen LogP contribution >= 0.6 is 0 Å². The Balaban J connectivity index is 1.71. The number of piperazine rings is 1. The van der Waals surface area contributed by atoms with E-state index in [-0.39, 0.29) is 0 Å². The van der Waals surface area contributed by atoms with Gasteiger partial charge in [0.1, 0.15) is 0 Å². The summed E-state index contributed by atoms with van der Waals surface area (Å²) < 4.78 is 0. The Bertz CT molecular complexity index is 191. The fourth-order valence-corrected chi connectivity index (χ4v) is 2.97. The summed E-state index contributed by atoms with van der Waals surface area (Å²) in [5.41, 5.74) is 0. The van der Waals surface area contributed by atoms with Crippen molar-refractivity contribution < 1.29 is 0 Å². The Hall–Kier alpha value is -0.120. The molecular weight excluding hydrogens is 198 g/mol. The molecule has 3 heteroatoms. The molecule has 3 nitrogen and oxygen atoms in total. The Kier molecular flexibility index (Phi) is 4.62. The molecule has 2 heterocycles. The molecule has 2 aliphatic heterocycles. The van der Waals surface area contributed by atoms with E-state index < -0.39 is 0 Å². The van der Waals surface area contributed by atoms with Crippen LogP contribution in [0.25, 0.3) is 0 Å². The van der Waals surface area contributed by atoms with Gasteiger partial charge in [0.15, 0.2) is 0 Å². The minimum absolute atomic E-state index is 0.808. The highest BCUT2D eigenvalue weighted by molar-refractivity contribution is 4.82. The summed E-state index contributed by atoms with van der Waals surface area (Å²) in [6.45, 7) is 13.4. The Labute approximate surface area is 100 Å². The van der Waals surface area contributed by atoms with Crippen molar-refractivity contribution in [3.05, 3.63) is 0 Å². The van der Waals surface area contributed by atoms with Crippen LogP contribution < -0.4 is 5.32 Å².